The summed E-state index contributed by atoms with van der Waals surface area (Å²) >= 11 is 5.99. The summed E-state index contributed by atoms with van der Waals surface area (Å²) in [4.78, 5) is 4.82. The Morgan fingerprint density at radius 3 is 2.85 bits per heavy atom. The molecule has 0 amide bonds. The first kappa shape index (κ1) is 13.9. The van der Waals surface area contributed by atoms with Gasteiger partial charge in [-0.15, -0.1) is 11.6 Å². The quantitative estimate of drug-likeness (QED) is 0.577. The average molecular weight is 291 g/mol. The molecule has 2 aromatic rings. The molecule has 3 rings (SSSR count). The van der Waals surface area contributed by atoms with Gasteiger partial charge in [0.15, 0.2) is 0 Å². The normalized spacial score (nSPS) is 23.9. The fourth-order valence-corrected chi connectivity index (χ4v) is 3.75. The van der Waals surface area contributed by atoms with Crippen molar-refractivity contribution in [1.82, 2.24) is 9.55 Å². The van der Waals surface area contributed by atoms with Crippen LogP contribution in [0.5, 0.6) is 0 Å². The van der Waals surface area contributed by atoms with Gasteiger partial charge in [0.1, 0.15) is 5.82 Å². The van der Waals surface area contributed by atoms with Gasteiger partial charge >= 0.3 is 0 Å². The van der Waals surface area contributed by atoms with Crippen LogP contribution in [0.2, 0.25) is 0 Å². The lowest BCUT2D eigenvalue weighted by Gasteiger charge is -2.25. The number of alkyl halides is 1. The third-order valence-corrected chi connectivity index (χ3v) is 4.82. The van der Waals surface area contributed by atoms with Gasteiger partial charge in [-0.25, -0.2) is 4.98 Å². The second-order valence-corrected chi connectivity index (χ2v) is 6.39. The van der Waals surface area contributed by atoms with Gasteiger partial charge in [-0.2, -0.15) is 0 Å². The number of aromatic nitrogens is 2. The Hall–Kier alpha value is -1.02. The van der Waals surface area contributed by atoms with Crippen LogP contribution >= 0.6 is 11.6 Å². The Balaban J connectivity index is 2.09. The van der Waals surface area contributed by atoms with E-state index in [2.05, 4.69) is 35.8 Å². The molecule has 3 heteroatoms. The monoisotopic (exact) mass is 290 g/mol. The van der Waals surface area contributed by atoms with Gasteiger partial charge in [0.05, 0.1) is 11.0 Å². The van der Waals surface area contributed by atoms with Crippen molar-refractivity contribution < 1.29 is 0 Å². The molecule has 2 unspecified atom stereocenters. The van der Waals surface area contributed by atoms with Crippen LogP contribution in [0.15, 0.2) is 24.3 Å². The van der Waals surface area contributed by atoms with Crippen molar-refractivity contribution in [2.24, 2.45) is 5.92 Å². The Morgan fingerprint density at radius 2 is 2.00 bits per heavy atom. The zero-order chi connectivity index (χ0) is 13.9. The van der Waals surface area contributed by atoms with E-state index in [9.17, 15) is 0 Å². The molecule has 0 bridgehead atoms. The first-order valence-electron chi connectivity index (χ1n) is 7.83. The van der Waals surface area contributed by atoms with Gasteiger partial charge in [-0.05, 0) is 30.9 Å². The van der Waals surface area contributed by atoms with Crippen LogP contribution in [0.4, 0.5) is 0 Å². The number of aryl methyl sites for hydroxylation is 1. The molecule has 1 fully saturated rings. The molecule has 2 atom stereocenters. The maximum Gasteiger partial charge on any atom is 0.111 e. The first-order valence-corrected chi connectivity index (χ1v) is 8.36. The summed E-state index contributed by atoms with van der Waals surface area (Å²) in [5.74, 6) is 2.54. The number of hydrogen-bond donors (Lipinski definition) is 0. The van der Waals surface area contributed by atoms with E-state index in [-0.39, 0.29) is 0 Å². The minimum atomic E-state index is 0.586. The third kappa shape index (κ3) is 2.58. The number of hydrogen-bond acceptors (Lipinski definition) is 1. The van der Waals surface area contributed by atoms with Gasteiger partial charge in [0.25, 0.3) is 0 Å². The van der Waals surface area contributed by atoms with Crippen LogP contribution in [-0.2, 0) is 6.42 Å². The summed E-state index contributed by atoms with van der Waals surface area (Å²) in [7, 11) is 0. The van der Waals surface area contributed by atoms with Crippen molar-refractivity contribution in [3.8, 4) is 0 Å². The molecule has 108 valence electrons. The molecule has 0 N–H and O–H groups in total. The first-order chi connectivity index (χ1) is 9.81. The Kier molecular flexibility index (Phi) is 4.30. The number of rotatable bonds is 3. The van der Waals surface area contributed by atoms with E-state index in [1.54, 1.807) is 0 Å². The van der Waals surface area contributed by atoms with Crippen LogP contribution in [-0.4, -0.2) is 15.4 Å². The van der Waals surface area contributed by atoms with Gasteiger partial charge in [0, 0.05) is 18.3 Å². The molecule has 0 spiro atoms. The molecule has 0 aliphatic heterocycles. The van der Waals surface area contributed by atoms with Crippen LogP contribution in [0, 0.1) is 5.92 Å². The summed E-state index contributed by atoms with van der Waals surface area (Å²) in [5, 5.41) is 0. The van der Waals surface area contributed by atoms with E-state index in [0.717, 1.165) is 17.9 Å². The third-order valence-electron chi connectivity index (χ3n) is 4.63. The van der Waals surface area contributed by atoms with Crippen molar-refractivity contribution in [1.29, 1.82) is 0 Å². The lowest BCUT2D eigenvalue weighted by molar-refractivity contribution is 0.333. The second kappa shape index (κ2) is 6.17. The zero-order valence-electron chi connectivity index (χ0n) is 12.2. The van der Waals surface area contributed by atoms with Crippen molar-refractivity contribution in [2.45, 2.75) is 51.5 Å². The predicted molar refractivity (Wildman–Crippen MR) is 85.4 cm³/mol. The van der Waals surface area contributed by atoms with Crippen molar-refractivity contribution >= 4 is 22.6 Å². The van der Waals surface area contributed by atoms with Gasteiger partial charge in [-0.3, -0.25) is 0 Å². The van der Waals surface area contributed by atoms with Gasteiger partial charge < -0.3 is 4.57 Å². The fraction of sp³-hybridized carbons (Fsp3) is 0.588. The van der Waals surface area contributed by atoms with Crippen molar-refractivity contribution in [2.75, 3.05) is 5.88 Å². The van der Waals surface area contributed by atoms with E-state index >= 15 is 0 Å². The average Bonchev–Trinajstić information content (AvgIpc) is 2.67. The Morgan fingerprint density at radius 1 is 1.20 bits per heavy atom. The second-order valence-electron chi connectivity index (χ2n) is 6.01. The van der Waals surface area contributed by atoms with Crippen LogP contribution < -0.4 is 0 Å². The lowest BCUT2D eigenvalue weighted by Crippen LogP contribution is -2.18. The summed E-state index contributed by atoms with van der Waals surface area (Å²) in [6, 6.07) is 9.10. The number of imidazole rings is 1. The minimum Gasteiger partial charge on any atom is -0.325 e. The summed E-state index contributed by atoms with van der Waals surface area (Å²) < 4.78 is 2.49. The molecule has 1 aliphatic rings. The van der Waals surface area contributed by atoms with Crippen LogP contribution in [0.1, 0.15) is 50.9 Å². The number of nitrogens with zero attached hydrogens (tertiary/aromatic N) is 2. The highest BCUT2D eigenvalue weighted by atomic mass is 35.5. The molecule has 0 saturated heterocycles. The lowest BCUT2D eigenvalue weighted by atomic mass is 9.96. The summed E-state index contributed by atoms with van der Waals surface area (Å²) in [6.45, 7) is 2.40. The standard InChI is InChI=1S/C17H23ClN2/c1-13-7-3-2-4-9-15(13)20-16-10-6-5-8-14(16)19-17(20)11-12-18/h5-6,8,10,13,15H,2-4,7,9,11-12H2,1H3. The van der Waals surface area contributed by atoms with Crippen molar-refractivity contribution in [3.63, 3.8) is 0 Å². The highest BCUT2D eigenvalue weighted by molar-refractivity contribution is 6.17. The molecule has 1 heterocycles. The predicted octanol–water partition coefficient (Wildman–Crippen LogP) is 4.96. The molecular formula is C17H23ClN2. The maximum atomic E-state index is 5.99. The Labute approximate surface area is 126 Å². The number of fused-ring (bicyclic) bond motifs is 1. The number of halogens is 1. The molecule has 1 aromatic heterocycles. The van der Waals surface area contributed by atoms with Gasteiger partial charge in [0.2, 0.25) is 0 Å². The van der Waals surface area contributed by atoms with Gasteiger partial charge in [-0.1, -0.05) is 38.3 Å². The van der Waals surface area contributed by atoms with E-state index in [1.807, 2.05) is 0 Å². The molecule has 20 heavy (non-hydrogen) atoms. The zero-order valence-corrected chi connectivity index (χ0v) is 12.9. The van der Waals surface area contributed by atoms with Crippen molar-refractivity contribution in [3.05, 3.63) is 30.1 Å². The van der Waals surface area contributed by atoms with E-state index < -0.39 is 0 Å². The fourth-order valence-electron chi connectivity index (χ4n) is 3.58. The van der Waals surface area contributed by atoms with E-state index in [0.29, 0.717) is 11.9 Å². The Bertz CT molecular complexity index is 575. The van der Waals surface area contributed by atoms with E-state index in [4.69, 9.17) is 16.6 Å². The molecule has 1 aromatic carbocycles. The minimum absolute atomic E-state index is 0.586. The highest BCUT2D eigenvalue weighted by Crippen LogP contribution is 2.35. The van der Waals surface area contributed by atoms with Crippen LogP contribution in [0.3, 0.4) is 0 Å². The molecular weight excluding hydrogens is 268 g/mol. The van der Waals surface area contributed by atoms with E-state index in [1.165, 1.54) is 43.4 Å². The number of para-hydroxylation sites is 2. The van der Waals surface area contributed by atoms with Crippen LogP contribution in [0.25, 0.3) is 11.0 Å². The molecule has 1 saturated carbocycles. The highest BCUT2D eigenvalue weighted by Gasteiger charge is 2.25. The summed E-state index contributed by atoms with van der Waals surface area (Å²) in [5.41, 5.74) is 2.40. The topological polar surface area (TPSA) is 17.8 Å². The molecule has 2 nitrogen and oxygen atoms in total. The SMILES string of the molecule is CC1CCCCCC1n1c(CCCl)nc2ccccc21. The summed E-state index contributed by atoms with van der Waals surface area (Å²) in [6.07, 6.45) is 7.54. The largest absolute Gasteiger partial charge is 0.325 e. The molecule has 1 aliphatic carbocycles. The molecule has 0 radical (unpaired) electrons. The number of benzene rings is 1. The maximum absolute atomic E-state index is 5.99. The smallest absolute Gasteiger partial charge is 0.111 e.